The number of H-pyrrole nitrogens is 1. The highest BCUT2D eigenvalue weighted by molar-refractivity contribution is 5.94. The number of carbonyl (C=O) groups is 2. The van der Waals surface area contributed by atoms with Crippen LogP contribution in [0.1, 0.15) is 35.9 Å². The molecule has 7 nitrogen and oxygen atoms in total. The van der Waals surface area contributed by atoms with E-state index in [0.717, 1.165) is 25.7 Å². The first-order valence-electron chi connectivity index (χ1n) is 8.25. The number of halogens is 3. The van der Waals surface area contributed by atoms with E-state index in [2.05, 4.69) is 10.3 Å². The molecule has 0 aliphatic carbocycles. The maximum atomic E-state index is 12.8. The van der Waals surface area contributed by atoms with Crippen LogP contribution in [0.15, 0.2) is 6.33 Å². The Bertz CT molecular complexity index is 654. The Labute approximate surface area is 142 Å². The Morgan fingerprint density at radius 3 is 2.80 bits per heavy atom. The van der Waals surface area contributed by atoms with E-state index in [-0.39, 0.29) is 18.0 Å². The van der Waals surface area contributed by atoms with Gasteiger partial charge in [0, 0.05) is 26.2 Å². The summed E-state index contributed by atoms with van der Waals surface area (Å²) >= 11 is 0. The SMILES string of the molecule is CCN1CCCC(N2CC(NC(=O)c3nc[nH]c3C(F)(F)F)C2)C1=O. The van der Waals surface area contributed by atoms with Crippen molar-refractivity contribution in [1.82, 2.24) is 25.1 Å². The van der Waals surface area contributed by atoms with Crippen LogP contribution in [0.25, 0.3) is 0 Å². The van der Waals surface area contributed by atoms with Crippen molar-refractivity contribution in [3.8, 4) is 0 Å². The molecule has 3 rings (SSSR count). The summed E-state index contributed by atoms with van der Waals surface area (Å²) in [4.78, 5) is 33.6. The highest BCUT2D eigenvalue weighted by Crippen LogP contribution is 2.30. The number of aromatic amines is 1. The summed E-state index contributed by atoms with van der Waals surface area (Å²) in [5.41, 5.74) is -1.81. The number of alkyl halides is 3. The predicted molar refractivity (Wildman–Crippen MR) is 81.7 cm³/mol. The highest BCUT2D eigenvalue weighted by Gasteiger charge is 2.41. The zero-order valence-corrected chi connectivity index (χ0v) is 13.8. The second-order valence-electron chi connectivity index (χ2n) is 6.32. The van der Waals surface area contributed by atoms with E-state index in [1.54, 1.807) is 4.90 Å². The molecule has 2 N–H and O–H groups in total. The van der Waals surface area contributed by atoms with E-state index in [1.165, 1.54) is 0 Å². The topological polar surface area (TPSA) is 81.3 Å². The molecule has 2 aliphatic heterocycles. The number of carbonyl (C=O) groups excluding carboxylic acids is 2. The molecule has 0 aromatic carbocycles. The van der Waals surface area contributed by atoms with Crippen LogP contribution < -0.4 is 5.32 Å². The van der Waals surface area contributed by atoms with Gasteiger partial charge in [-0.05, 0) is 19.8 Å². The number of hydrogen-bond donors (Lipinski definition) is 2. The maximum absolute atomic E-state index is 12.8. The summed E-state index contributed by atoms with van der Waals surface area (Å²) in [6.07, 6.45) is -2.11. The zero-order valence-electron chi connectivity index (χ0n) is 13.8. The fraction of sp³-hybridized carbons (Fsp3) is 0.667. The molecule has 2 amide bonds. The third kappa shape index (κ3) is 3.48. The Hall–Kier alpha value is -2.10. The van der Waals surface area contributed by atoms with E-state index in [0.29, 0.717) is 19.6 Å². The van der Waals surface area contributed by atoms with Gasteiger partial charge in [-0.25, -0.2) is 4.98 Å². The molecule has 2 saturated heterocycles. The van der Waals surface area contributed by atoms with Crippen LogP contribution in [0, 0.1) is 0 Å². The number of imidazole rings is 1. The second kappa shape index (κ2) is 6.66. The average molecular weight is 359 g/mol. The lowest BCUT2D eigenvalue weighted by atomic mass is 9.97. The lowest BCUT2D eigenvalue weighted by molar-refractivity contribution is -0.143. The average Bonchev–Trinajstić information content (AvgIpc) is 3.01. The van der Waals surface area contributed by atoms with E-state index >= 15 is 0 Å². The number of aromatic nitrogens is 2. The minimum absolute atomic E-state index is 0.0881. The molecule has 0 saturated carbocycles. The first-order valence-corrected chi connectivity index (χ1v) is 8.25. The van der Waals surface area contributed by atoms with Gasteiger partial charge in [0.25, 0.3) is 5.91 Å². The van der Waals surface area contributed by atoms with Gasteiger partial charge < -0.3 is 15.2 Å². The normalized spacial score (nSPS) is 22.8. The molecule has 0 spiro atoms. The number of amides is 2. The third-order valence-electron chi connectivity index (χ3n) is 4.71. The van der Waals surface area contributed by atoms with Crippen molar-refractivity contribution in [1.29, 1.82) is 0 Å². The van der Waals surface area contributed by atoms with Crippen molar-refractivity contribution in [3.05, 3.63) is 17.7 Å². The highest BCUT2D eigenvalue weighted by atomic mass is 19.4. The van der Waals surface area contributed by atoms with Crippen LogP contribution in [0.4, 0.5) is 13.2 Å². The van der Waals surface area contributed by atoms with Gasteiger partial charge in [-0.15, -0.1) is 0 Å². The zero-order chi connectivity index (χ0) is 18.2. The Kier molecular flexibility index (Phi) is 4.72. The number of likely N-dealkylation sites (N-methyl/N-ethyl adjacent to an activating group) is 1. The lowest BCUT2D eigenvalue weighted by Gasteiger charge is -2.46. The van der Waals surface area contributed by atoms with Crippen LogP contribution in [0.2, 0.25) is 0 Å². The fourth-order valence-electron chi connectivity index (χ4n) is 3.37. The summed E-state index contributed by atoms with van der Waals surface area (Å²) in [6, 6.07) is -0.479. The molecule has 25 heavy (non-hydrogen) atoms. The summed E-state index contributed by atoms with van der Waals surface area (Å²) in [5, 5.41) is 2.55. The van der Waals surface area contributed by atoms with Gasteiger partial charge in [-0.3, -0.25) is 14.5 Å². The minimum Gasteiger partial charge on any atom is -0.345 e. The summed E-state index contributed by atoms with van der Waals surface area (Å²) in [6.45, 7) is 4.26. The quantitative estimate of drug-likeness (QED) is 0.835. The Balaban J connectivity index is 1.55. The number of likely N-dealkylation sites (tertiary alicyclic amines) is 2. The van der Waals surface area contributed by atoms with Crippen molar-refractivity contribution in [3.63, 3.8) is 0 Å². The molecule has 3 heterocycles. The van der Waals surface area contributed by atoms with Crippen molar-refractivity contribution >= 4 is 11.8 Å². The molecule has 138 valence electrons. The van der Waals surface area contributed by atoms with E-state index in [4.69, 9.17) is 0 Å². The Morgan fingerprint density at radius 2 is 2.16 bits per heavy atom. The molecule has 1 aromatic heterocycles. The lowest BCUT2D eigenvalue weighted by Crippen LogP contribution is -2.66. The Morgan fingerprint density at radius 1 is 1.44 bits per heavy atom. The smallest absolute Gasteiger partial charge is 0.345 e. The molecule has 2 fully saturated rings. The van der Waals surface area contributed by atoms with Crippen molar-refractivity contribution in [2.75, 3.05) is 26.2 Å². The van der Waals surface area contributed by atoms with Gasteiger partial charge in [0.2, 0.25) is 5.91 Å². The molecule has 1 unspecified atom stereocenters. The van der Waals surface area contributed by atoms with Gasteiger partial charge in [0.1, 0.15) is 0 Å². The summed E-state index contributed by atoms with van der Waals surface area (Å²) in [7, 11) is 0. The van der Waals surface area contributed by atoms with Crippen molar-refractivity contribution < 1.29 is 22.8 Å². The first kappa shape index (κ1) is 17.7. The molecular formula is C15H20F3N5O2. The molecular weight excluding hydrogens is 339 g/mol. The van der Waals surface area contributed by atoms with E-state index in [9.17, 15) is 22.8 Å². The molecule has 1 aromatic rings. The first-order chi connectivity index (χ1) is 11.8. The van der Waals surface area contributed by atoms with Gasteiger partial charge in [0.05, 0.1) is 18.4 Å². The third-order valence-corrected chi connectivity index (χ3v) is 4.71. The molecule has 2 aliphatic rings. The second-order valence-corrected chi connectivity index (χ2v) is 6.32. The van der Waals surface area contributed by atoms with Crippen LogP contribution in [0.3, 0.4) is 0 Å². The van der Waals surface area contributed by atoms with Gasteiger partial charge in [-0.2, -0.15) is 13.2 Å². The maximum Gasteiger partial charge on any atom is 0.433 e. The largest absolute Gasteiger partial charge is 0.433 e. The summed E-state index contributed by atoms with van der Waals surface area (Å²) in [5.74, 6) is -0.770. The summed E-state index contributed by atoms with van der Waals surface area (Å²) < 4.78 is 38.4. The van der Waals surface area contributed by atoms with Crippen LogP contribution >= 0.6 is 0 Å². The number of piperidine rings is 1. The fourth-order valence-corrected chi connectivity index (χ4v) is 3.37. The monoisotopic (exact) mass is 359 g/mol. The molecule has 1 atom stereocenters. The van der Waals surface area contributed by atoms with Gasteiger partial charge >= 0.3 is 6.18 Å². The van der Waals surface area contributed by atoms with E-state index < -0.39 is 23.5 Å². The number of nitrogens with one attached hydrogen (secondary N) is 2. The van der Waals surface area contributed by atoms with E-state index in [1.807, 2.05) is 16.8 Å². The van der Waals surface area contributed by atoms with Crippen molar-refractivity contribution in [2.24, 2.45) is 0 Å². The minimum atomic E-state index is -4.66. The molecule has 0 bridgehead atoms. The standard InChI is InChI=1S/C15H20F3N5O2/c1-2-22-5-3-4-10(14(22)25)23-6-9(7-23)21-13(24)11-12(15(16,17)18)20-8-19-11/h8-10H,2-7H2,1H3,(H,19,20)(H,21,24). The van der Waals surface area contributed by atoms with Crippen LogP contribution in [-0.2, 0) is 11.0 Å². The number of hydrogen-bond acceptors (Lipinski definition) is 4. The molecule has 10 heteroatoms. The van der Waals surface area contributed by atoms with Crippen LogP contribution in [0.5, 0.6) is 0 Å². The van der Waals surface area contributed by atoms with Gasteiger partial charge in [-0.1, -0.05) is 0 Å². The predicted octanol–water partition coefficient (Wildman–Crippen LogP) is 0.853. The molecule has 0 radical (unpaired) electrons. The number of rotatable bonds is 4. The van der Waals surface area contributed by atoms with Crippen molar-refractivity contribution in [2.45, 2.75) is 38.0 Å². The van der Waals surface area contributed by atoms with Gasteiger partial charge in [0.15, 0.2) is 11.4 Å². The van der Waals surface area contributed by atoms with Crippen LogP contribution in [-0.4, -0.2) is 69.8 Å². The number of nitrogens with zero attached hydrogens (tertiary/aromatic N) is 3.